The van der Waals surface area contributed by atoms with Crippen molar-refractivity contribution in [3.63, 3.8) is 0 Å². The molecule has 0 saturated carbocycles. The molecule has 0 bridgehead atoms. The van der Waals surface area contributed by atoms with E-state index in [1.807, 2.05) is 12.1 Å². The molecule has 0 aromatic heterocycles. The normalized spacial score (nSPS) is 18.1. The molecular weight excluding hydrogens is 382 g/mol. The smallest absolute Gasteiger partial charge is 0.269 e. The zero-order chi connectivity index (χ0) is 21.1. The molecular formula is C23H29N3O4. The molecule has 1 N–H and O–H groups in total. The van der Waals surface area contributed by atoms with Crippen molar-refractivity contribution in [3.05, 3.63) is 63.2 Å². The minimum absolute atomic E-state index is 0.149. The van der Waals surface area contributed by atoms with Crippen molar-refractivity contribution < 1.29 is 14.4 Å². The first kappa shape index (κ1) is 20.6. The largest absolute Gasteiger partial charge is 0.493 e. The summed E-state index contributed by atoms with van der Waals surface area (Å²) in [5, 5.41) is 14.6. The van der Waals surface area contributed by atoms with Crippen molar-refractivity contribution in [2.45, 2.75) is 37.8 Å². The summed E-state index contributed by atoms with van der Waals surface area (Å²) in [5.41, 5.74) is 4.09. The quantitative estimate of drug-likeness (QED) is 0.580. The zero-order valence-corrected chi connectivity index (χ0v) is 17.6. The Bertz CT molecular complexity index is 905. The fourth-order valence-electron chi connectivity index (χ4n) is 4.63. The van der Waals surface area contributed by atoms with E-state index in [9.17, 15) is 10.1 Å². The molecule has 2 aliphatic rings. The number of benzene rings is 2. The number of nitro benzene ring substituents is 1. The minimum atomic E-state index is -0.352. The van der Waals surface area contributed by atoms with Gasteiger partial charge in [0.05, 0.1) is 19.1 Å². The summed E-state index contributed by atoms with van der Waals surface area (Å²) < 4.78 is 10.9. The molecule has 0 atom stereocenters. The van der Waals surface area contributed by atoms with E-state index in [4.69, 9.17) is 9.47 Å². The van der Waals surface area contributed by atoms with Gasteiger partial charge < -0.3 is 19.7 Å². The molecule has 30 heavy (non-hydrogen) atoms. The van der Waals surface area contributed by atoms with Gasteiger partial charge in [0.1, 0.15) is 0 Å². The summed E-state index contributed by atoms with van der Waals surface area (Å²) in [6.45, 7) is 3.96. The molecule has 4 rings (SSSR count). The van der Waals surface area contributed by atoms with Gasteiger partial charge in [0.25, 0.3) is 5.69 Å². The Morgan fingerprint density at radius 2 is 1.70 bits per heavy atom. The Labute approximate surface area is 177 Å². The number of hydrogen-bond donors (Lipinski definition) is 1. The Morgan fingerprint density at radius 1 is 1.07 bits per heavy atom. The number of hydrogen-bond acceptors (Lipinski definition) is 6. The van der Waals surface area contributed by atoms with Crippen molar-refractivity contribution in [2.75, 3.05) is 33.9 Å². The van der Waals surface area contributed by atoms with Crippen LogP contribution < -0.4 is 14.8 Å². The van der Waals surface area contributed by atoms with E-state index in [2.05, 4.69) is 22.3 Å². The predicted octanol–water partition coefficient (Wildman–Crippen LogP) is 3.34. The molecule has 0 aliphatic carbocycles. The van der Waals surface area contributed by atoms with Crippen LogP contribution in [0.15, 0.2) is 36.4 Å². The number of piperidine rings is 1. The van der Waals surface area contributed by atoms with E-state index in [-0.39, 0.29) is 16.1 Å². The van der Waals surface area contributed by atoms with Gasteiger partial charge in [-0.1, -0.05) is 12.1 Å². The third-order valence-electron chi connectivity index (χ3n) is 6.57. The molecule has 2 aromatic rings. The Kier molecular flexibility index (Phi) is 5.92. The van der Waals surface area contributed by atoms with Crippen molar-refractivity contribution in [2.24, 2.45) is 0 Å². The second-order valence-electron chi connectivity index (χ2n) is 8.30. The number of ether oxygens (including phenoxy) is 2. The number of likely N-dealkylation sites (tertiary alicyclic amines) is 1. The number of non-ortho nitro benzene ring substituents is 1. The Morgan fingerprint density at radius 3 is 2.30 bits per heavy atom. The van der Waals surface area contributed by atoms with Gasteiger partial charge in [-0.15, -0.1) is 0 Å². The van der Waals surface area contributed by atoms with Gasteiger partial charge in [-0.05, 0) is 67.6 Å². The maximum Gasteiger partial charge on any atom is 0.269 e. The van der Waals surface area contributed by atoms with Gasteiger partial charge in [-0.25, -0.2) is 0 Å². The molecule has 7 nitrogen and oxygen atoms in total. The van der Waals surface area contributed by atoms with Crippen LogP contribution in [-0.4, -0.2) is 49.2 Å². The van der Waals surface area contributed by atoms with E-state index in [0.29, 0.717) is 0 Å². The highest BCUT2D eigenvalue weighted by molar-refractivity contribution is 5.49. The molecule has 1 fully saturated rings. The van der Waals surface area contributed by atoms with Crippen molar-refractivity contribution in [1.82, 2.24) is 10.2 Å². The van der Waals surface area contributed by atoms with Crippen LogP contribution in [-0.2, 0) is 19.4 Å². The van der Waals surface area contributed by atoms with Gasteiger partial charge in [0.15, 0.2) is 11.5 Å². The third-order valence-corrected chi connectivity index (χ3v) is 6.57. The minimum Gasteiger partial charge on any atom is -0.493 e. The first-order valence-electron chi connectivity index (χ1n) is 10.5. The molecule has 2 heterocycles. The summed E-state index contributed by atoms with van der Waals surface area (Å²) >= 11 is 0. The standard InChI is InChI=1S/C23H29N3O4/c1-29-21-13-18-15-23(24-16-19(18)14-22(21)30-2)8-11-25(12-9-23)10-7-17-3-5-20(6-4-17)26(27)28/h3-6,13-14,24H,7-12,15-16H2,1-2H3. The lowest BCUT2D eigenvalue weighted by Crippen LogP contribution is -2.56. The van der Waals surface area contributed by atoms with Gasteiger partial charge >= 0.3 is 0 Å². The number of fused-ring (bicyclic) bond motifs is 1. The highest BCUT2D eigenvalue weighted by Gasteiger charge is 2.37. The molecule has 0 unspecified atom stereocenters. The van der Waals surface area contributed by atoms with Crippen LogP contribution in [0.1, 0.15) is 29.5 Å². The van der Waals surface area contributed by atoms with Crippen LogP contribution in [0.25, 0.3) is 0 Å². The highest BCUT2D eigenvalue weighted by atomic mass is 16.6. The van der Waals surface area contributed by atoms with Crippen LogP contribution >= 0.6 is 0 Å². The molecule has 2 aliphatic heterocycles. The summed E-state index contributed by atoms with van der Waals surface area (Å²) in [6, 6.07) is 11.1. The van der Waals surface area contributed by atoms with E-state index < -0.39 is 0 Å². The second kappa shape index (κ2) is 8.62. The van der Waals surface area contributed by atoms with Crippen molar-refractivity contribution >= 4 is 5.69 Å². The fourth-order valence-corrected chi connectivity index (χ4v) is 4.63. The summed E-state index contributed by atoms with van der Waals surface area (Å²) in [5.74, 6) is 1.59. The molecule has 1 saturated heterocycles. The predicted molar refractivity (Wildman–Crippen MR) is 115 cm³/mol. The van der Waals surface area contributed by atoms with Crippen LogP contribution in [0.4, 0.5) is 5.69 Å². The lowest BCUT2D eigenvalue weighted by Gasteiger charge is -2.45. The summed E-state index contributed by atoms with van der Waals surface area (Å²) in [4.78, 5) is 12.9. The monoisotopic (exact) mass is 411 g/mol. The first-order valence-corrected chi connectivity index (χ1v) is 10.5. The van der Waals surface area contributed by atoms with E-state index in [1.54, 1.807) is 26.4 Å². The van der Waals surface area contributed by atoms with E-state index in [0.717, 1.165) is 68.9 Å². The van der Waals surface area contributed by atoms with E-state index >= 15 is 0 Å². The second-order valence-corrected chi connectivity index (χ2v) is 8.30. The molecule has 0 amide bonds. The van der Waals surface area contributed by atoms with Crippen LogP contribution in [0.3, 0.4) is 0 Å². The molecule has 2 aromatic carbocycles. The Balaban J connectivity index is 1.33. The number of nitrogens with zero attached hydrogens (tertiary/aromatic N) is 2. The maximum absolute atomic E-state index is 10.8. The first-order chi connectivity index (χ1) is 14.5. The van der Waals surface area contributed by atoms with Crippen molar-refractivity contribution in [1.29, 1.82) is 0 Å². The lowest BCUT2D eigenvalue weighted by molar-refractivity contribution is -0.384. The van der Waals surface area contributed by atoms with Crippen LogP contribution in [0.2, 0.25) is 0 Å². The average Bonchev–Trinajstić information content (AvgIpc) is 2.78. The number of nitro groups is 1. The molecule has 0 radical (unpaired) electrons. The van der Waals surface area contributed by atoms with Gasteiger partial charge in [-0.2, -0.15) is 0 Å². The topological polar surface area (TPSA) is 76.9 Å². The molecule has 1 spiro atoms. The fraction of sp³-hybridized carbons (Fsp3) is 0.478. The number of methoxy groups -OCH3 is 2. The van der Waals surface area contributed by atoms with Gasteiger partial charge in [-0.3, -0.25) is 10.1 Å². The maximum atomic E-state index is 10.8. The summed E-state index contributed by atoms with van der Waals surface area (Å²) in [7, 11) is 3.36. The van der Waals surface area contributed by atoms with Gasteiger partial charge in [0, 0.05) is 30.8 Å². The number of rotatable bonds is 6. The third kappa shape index (κ3) is 4.27. The highest BCUT2D eigenvalue weighted by Crippen LogP contribution is 2.37. The SMILES string of the molecule is COc1cc2c(cc1OC)CC1(CCN(CCc3ccc([N+](=O)[O-])cc3)CC1)NC2. The van der Waals surface area contributed by atoms with Crippen molar-refractivity contribution in [3.8, 4) is 11.5 Å². The van der Waals surface area contributed by atoms with Gasteiger partial charge in [0.2, 0.25) is 0 Å². The summed E-state index contributed by atoms with van der Waals surface area (Å²) in [6.07, 6.45) is 4.15. The zero-order valence-electron chi connectivity index (χ0n) is 17.6. The van der Waals surface area contributed by atoms with Crippen LogP contribution in [0, 0.1) is 10.1 Å². The number of nitrogens with one attached hydrogen (secondary N) is 1. The molecule has 160 valence electrons. The Hall–Kier alpha value is -2.64. The molecule has 7 heteroatoms. The van der Waals surface area contributed by atoms with Crippen LogP contribution in [0.5, 0.6) is 11.5 Å². The van der Waals surface area contributed by atoms with E-state index in [1.165, 1.54) is 11.1 Å². The average molecular weight is 412 g/mol. The lowest BCUT2D eigenvalue weighted by atomic mass is 9.78.